The molecule has 0 aliphatic heterocycles. The molecule has 1 aromatic heterocycles. The third-order valence-electron chi connectivity index (χ3n) is 2.23. The molecule has 0 radical (unpaired) electrons. The zero-order valence-electron chi connectivity index (χ0n) is 11.6. The lowest BCUT2D eigenvalue weighted by molar-refractivity contribution is 0.00298. The molecule has 8 heteroatoms. The second-order valence-electron chi connectivity index (χ2n) is 5.14. The first kappa shape index (κ1) is 15.5. The molecule has 0 unspecified atom stereocenters. The SMILES string of the molecule is CC(C)(C)OC(=O)ONc1nc2ccc(C(=O)Cl)cc2s1. The van der Waals surface area contributed by atoms with E-state index in [-0.39, 0.29) is 0 Å². The Kier molecular flexibility index (Phi) is 4.34. The third-order valence-corrected chi connectivity index (χ3v) is 3.36. The normalized spacial score (nSPS) is 11.2. The molecule has 0 atom stereocenters. The zero-order chi connectivity index (χ0) is 15.6. The topological polar surface area (TPSA) is 77.5 Å². The summed E-state index contributed by atoms with van der Waals surface area (Å²) in [6.45, 7) is 5.20. The van der Waals surface area contributed by atoms with Crippen LogP contribution in [-0.4, -0.2) is 22.0 Å². The number of nitrogens with zero attached hydrogens (tertiary/aromatic N) is 1. The molecule has 0 fully saturated rings. The number of hydrogen-bond donors (Lipinski definition) is 1. The van der Waals surface area contributed by atoms with Crippen LogP contribution in [-0.2, 0) is 9.57 Å². The van der Waals surface area contributed by atoms with Gasteiger partial charge in [0.25, 0.3) is 5.24 Å². The van der Waals surface area contributed by atoms with Crippen LogP contribution in [0, 0.1) is 0 Å². The standard InChI is InChI=1S/C13H13ClN2O4S/c1-13(2,3)19-12(18)20-16-11-15-8-5-4-7(10(14)17)6-9(8)21-11/h4-6H,1-3H3,(H,15,16). The van der Waals surface area contributed by atoms with Gasteiger partial charge in [0, 0.05) is 5.56 Å². The van der Waals surface area contributed by atoms with Crippen molar-refractivity contribution in [3.05, 3.63) is 23.8 Å². The number of thiazole rings is 1. The average Bonchev–Trinajstić information content (AvgIpc) is 2.75. The van der Waals surface area contributed by atoms with Crippen molar-refractivity contribution in [3.63, 3.8) is 0 Å². The fraction of sp³-hybridized carbons (Fsp3) is 0.308. The van der Waals surface area contributed by atoms with Crippen LogP contribution in [0.25, 0.3) is 10.2 Å². The lowest BCUT2D eigenvalue weighted by Gasteiger charge is -2.18. The molecule has 0 spiro atoms. The van der Waals surface area contributed by atoms with E-state index in [1.165, 1.54) is 11.3 Å². The van der Waals surface area contributed by atoms with Gasteiger partial charge in [-0.2, -0.15) is 5.48 Å². The summed E-state index contributed by atoms with van der Waals surface area (Å²) in [5.74, 6) is 0. The van der Waals surface area contributed by atoms with Crippen LogP contribution < -0.4 is 5.48 Å². The van der Waals surface area contributed by atoms with Gasteiger partial charge in [-0.3, -0.25) is 4.79 Å². The lowest BCUT2D eigenvalue weighted by atomic mass is 10.2. The number of carbonyl (C=O) groups excluding carboxylic acids is 2. The van der Waals surface area contributed by atoms with E-state index in [1.807, 2.05) is 0 Å². The van der Waals surface area contributed by atoms with Gasteiger partial charge in [0.15, 0.2) is 0 Å². The minimum absolute atomic E-state index is 0.370. The first-order valence-electron chi connectivity index (χ1n) is 6.01. The van der Waals surface area contributed by atoms with Gasteiger partial charge in [-0.1, -0.05) is 11.3 Å². The van der Waals surface area contributed by atoms with Crippen molar-refractivity contribution < 1.29 is 19.2 Å². The lowest BCUT2D eigenvalue weighted by Crippen LogP contribution is -2.25. The molecule has 112 valence electrons. The van der Waals surface area contributed by atoms with Crippen LogP contribution in [0.15, 0.2) is 18.2 Å². The Morgan fingerprint density at radius 3 is 2.67 bits per heavy atom. The highest BCUT2D eigenvalue weighted by Gasteiger charge is 2.18. The second kappa shape index (κ2) is 5.87. The number of benzene rings is 1. The van der Waals surface area contributed by atoms with Crippen molar-refractivity contribution in [1.29, 1.82) is 0 Å². The van der Waals surface area contributed by atoms with Crippen LogP contribution in [0.2, 0.25) is 0 Å². The van der Waals surface area contributed by atoms with Crippen molar-refractivity contribution in [3.8, 4) is 0 Å². The summed E-state index contributed by atoms with van der Waals surface area (Å²) in [6.07, 6.45) is -0.849. The molecule has 0 saturated carbocycles. The summed E-state index contributed by atoms with van der Waals surface area (Å²) in [7, 11) is 0. The van der Waals surface area contributed by atoms with E-state index in [0.29, 0.717) is 16.2 Å². The van der Waals surface area contributed by atoms with Crippen molar-refractivity contribution in [2.24, 2.45) is 0 Å². The van der Waals surface area contributed by atoms with E-state index < -0.39 is 17.0 Å². The van der Waals surface area contributed by atoms with E-state index >= 15 is 0 Å². The number of ether oxygens (including phenoxy) is 1. The maximum atomic E-state index is 11.4. The van der Waals surface area contributed by atoms with Crippen LogP contribution in [0.1, 0.15) is 31.1 Å². The predicted octanol–water partition coefficient (Wildman–Crippen LogP) is 3.95. The average molecular weight is 329 g/mol. The quantitative estimate of drug-likeness (QED) is 0.522. The number of hydrogen-bond acceptors (Lipinski definition) is 7. The largest absolute Gasteiger partial charge is 0.533 e. The molecule has 6 nitrogen and oxygen atoms in total. The summed E-state index contributed by atoms with van der Waals surface area (Å²) in [6, 6.07) is 4.87. The minimum atomic E-state index is -0.849. The number of anilines is 1. The highest BCUT2D eigenvalue weighted by molar-refractivity contribution is 7.22. The van der Waals surface area contributed by atoms with Gasteiger partial charge < -0.3 is 9.57 Å². The monoisotopic (exact) mass is 328 g/mol. The van der Waals surface area contributed by atoms with Crippen LogP contribution >= 0.6 is 22.9 Å². The Balaban J connectivity index is 2.06. The molecule has 0 bridgehead atoms. The molecular formula is C13H13ClN2O4S. The number of fused-ring (bicyclic) bond motifs is 1. The Hall–Kier alpha value is -1.86. The summed E-state index contributed by atoms with van der Waals surface area (Å²) in [5, 5.41) is -0.167. The number of halogens is 1. The van der Waals surface area contributed by atoms with Gasteiger partial charge in [0.2, 0.25) is 5.13 Å². The molecule has 1 aromatic carbocycles. The summed E-state index contributed by atoms with van der Waals surface area (Å²) >= 11 is 6.64. The molecule has 21 heavy (non-hydrogen) atoms. The Bertz CT molecular complexity index is 693. The molecular weight excluding hydrogens is 316 g/mol. The van der Waals surface area contributed by atoms with Crippen molar-refractivity contribution in [2.45, 2.75) is 26.4 Å². The minimum Gasteiger partial charge on any atom is -0.427 e. The van der Waals surface area contributed by atoms with Crippen LogP contribution in [0.4, 0.5) is 9.93 Å². The fourth-order valence-corrected chi connectivity index (χ4v) is 2.40. The first-order valence-corrected chi connectivity index (χ1v) is 7.20. The molecule has 0 saturated heterocycles. The fourth-order valence-electron chi connectivity index (χ4n) is 1.45. The Labute approximate surface area is 130 Å². The van der Waals surface area contributed by atoms with Crippen LogP contribution in [0.3, 0.4) is 0 Å². The number of nitrogens with one attached hydrogen (secondary N) is 1. The van der Waals surface area contributed by atoms with Crippen molar-refractivity contribution in [2.75, 3.05) is 5.48 Å². The zero-order valence-corrected chi connectivity index (χ0v) is 13.2. The number of aromatic nitrogens is 1. The van der Waals surface area contributed by atoms with Gasteiger partial charge in [-0.05, 0) is 50.6 Å². The van der Waals surface area contributed by atoms with E-state index in [9.17, 15) is 9.59 Å². The summed E-state index contributed by atoms with van der Waals surface area (Å²) < 4.78 is 5.72. The Morgan fingerprint density at radius 2 is 2.05 bits per heavy atom. The molecule has 1 heterocycles. The van der Waals surface area contributed by atoms with Crippen LogP contribution in [0.5, 0.6) is 0 Å². The van der Waals surface area contributed by atoms with Gasteiger partial charge in [-0.25, -0.2) is 9.78 Å². The van der Waals surface area contributed by atoms with E-state index in [2.05, 4.69) is 10.5 Å². The first-order chi connectivity index (χ1) is 9.74. The van der Waals surface area contributed by atoms with Gasteiger partial charge in [-0.15, -0.1) is 0 Å². The highest BCUT2D eigenvalue weighted by atomic mass is 35.5. The van der Waals surface area contributed by atoms with Gasteiger partial charge in [0.05, 0.1) is 10.2 Å². The van der Waals surface area contributed by atoms with E-state index in [4.69, 9.17) is 21.2 Å². The third kappa shape index (κ3) is 4.30. The van der Waals surface area contributed by atoms with Crippen molar-refractivity contribution in [1.82, 2.24) is 4.98 Å². The van der Waals surface area contributed by atoms with E-state index in [0.717, 1.165) is 4.70 Å². The molecule has 1 N–H and O–H groups in total. The molecule has 0 aliphatic rings. The number of carbonyl (C=O) groups is 2. The van der Waals surface area contributed by atoms with E-state index in [1.54, 1.807) is 39.0 Å². The second-order valence-corrected chi connectivity index (χ2v) is 6.52. The highest BCUT2D eigenvalue weighted by Crippen LogP contribution is 2.27. The number of rotatable bonds is 3. The Morgan fingerprint density at radius 1 is 1.33 bits per heavy atom. The maximum Gasteiger partial charge on any atom is 0.533 e. The summed E-state index contributed by atoms with van der Waals surface area (Å²) in [4.78, 5) is 31.4. The predicted molar refractivity (Wildman–Crippen MR) is 80.7 cm³/mol. The smallest absolute Gasteiger partial charge is 0.427 e. The van der Waals surface area contributed by atoms with Gasteiger partial charge >= 0.3 is 6.16 Å². The maximum absolute atomic E-state index is 11.4. The van der Waals surface area contributed by atoms with Crippen molar-refractivity contribution >= 4 is 49.7 Å². The molecule has 0 amide bonds. The summed E-state index contributed by atoms with van der Waals surface area (Å²) in [5.41, 5.74) is 2.83. The molecule has 0 aliphatic carbocycles. The van der Waals surface area contributed by atoms with Gasteiger partial charge in [0.1, 0.15) is 5.60 Å². The molecule has 2 rings (SSSR count). The molecule has 2 aromatic rings.